The highest BCUT2D eigenvalue weighted by Gasteiger charge is 2.45. The predicted molar refractivity (Wildman–Crippen MR) is 57.1 cm³/mol. The zero-order valence-corrected chi connectivity index (χ0v) is 10.4. The zero-order chi connectivity index (χ0) is 14.3. The van der Waals surface area contributed by atoms with Gasteiger partial charge in [-0.2, -0.15) is 17.5 Å². The summed E-state index contributed by atoms with van der Waals surface area (Å²) in [6.07, 6.45) is -3.58. The number of hydrogen-bond donors (Lipinski definition) is 0. The Kier molecular flexibility index (Phi) is 3.43. The molecule has 9 heteroatoms. The average Bonchev–Trinajstić information content (AvgIpc) is 3.00. The molecule has 19 heavy (non-hydrogen) atoms. The van der Waals surface area contributed by atoms with Crippen LogP contribution in [-0.2, 0) is 10.0 Å². The van der Waals surface area contributed by atoms with Crippen molar-refractivity contribution in [1.82, 2.24) is 4.31 Å². The van der Waals surface area contributed by atoms with Crippen LogP contribution in [0.2, 0.25) is 0 Å². The lowest BCUT2D eigenvalue weighted by molar-refractivity contribution is -0.137. The summed E-state index contributed by atoms with van der Waals surface area (Å²) in [5.41, 5.74) is 0. The van der Waals surface area contributed by atoms with E-state index >= 15 is 0 Å². The molecular formula is C10H10F3NO4S. The molecule has 0 atom stereocenters. The number of nitrogens with zero attached hydrogens (tertiary/aromatic N) is 1. The summed E-state index contributed by atoms with van der Waals surface area (Å²) in [7, 11) is -4.37. The van der Waals surface area contributed by atoms with E-state index in [0.29, 0.717) is 17.1 Å². The molecule has 1 aliphatic rings. The Bertz CT molecular complexity index is 574. The number of sulfonamides is 1. The molecule has 0 amide bonds. The fraction of sp³-hybridized carbons (Fsp3) is 0.500. The Labute approximate surface area is 107 Å². The summed E-state index contributed by atoms with van der Waals surface area (Å²) in [5.74, 6) is -0.249. The molecule has 0 unspecified atom stereocenters. The molecule has 0 radical (unpaired) electrons. The van der Waals surface area contributed by atoms with Crippen LogP contribution in [0.4, 0.5) is 13.2 Å². The largest absolute Gasteiger partial charge is 0.440 e. The highest BCUT2D eigenvalue weighted by Crippen LogP contribution is 2.35. The number of aldehydes is 1. The first-order chi connectivity index (χ1) is 8.74. The average molecular weight is 297 g/mol. The number of hydrogen-bond acceptors (Lipinski definition) is 4. The normalized spacial score (nSPS) is 16.8. The predicted octanol–water partition coefficient (Wildman–Crippen LogP) is 1.81. The van der Waals surface area contributed by atoms with E-state index in [9.17, 15) is 26.4 Å². The van der Waals surface area contributed by atoms with Gasteiger partial charge in [0.05, 0.1) is 0 Å². The molecule has 1 aliphatic carbocycles. The number of rotatable bonds is 5. The van der Waals surface area contributed by atoms with Gasteiger partial charge in [-0.1, -0.05) is 0 Å². The fourth-order valence-electron chi connectivity index (χ4n) is 1.60. The summed E-state index contributed by atoms with van der Waals surface area (Å²) < 4.78 is 66.4. The van der Waals surface area contributed by atoms with Gasteiger partial charge in [-0.25, -0.2) is 8.42 Å². The van der Waals surface area contributed by atoms with Crippen LogP contribution in [0, 0.1) is 0 Å². The third kappa shape index (κ3) is 3.16. The van der Waals surface area contributed by atoms with E-state index in [2.05, 4.69) is 0 Å². The summed E-state index contributed by atoms with van der Waals surface area (Å²) >= 11 is 0. The second-order valence-corrected chi connectivity index (χ2v) is 5.99. The van der Waals surface area contributed by atoms with E-state index in [1.807, 2.05) is 0 Å². The third-order valence-electron chi connectivity index (χ3n) is 2.57. The van der Waals surface area contributed by atoms with Crippen molar-refractivity contribution < 1.29 is 30.8 Å². The molecule has 0 saturated heterocycles. The lowest BCUT2D eigenvalue weighted by Gasteiger charge is -2.21. The molecule has 0 spiro atoms. The Hall–Kier alpha value is -1.35. The van der Waals surface area contributed by atoms with Gasteiger partial charge >= 0.3 is 6.18 Å². The standard InChI is InChI=1S/C10H10F3NO4S/c11-10(12,13)6-14(7-1-2-7)19(16,17)9-4-3-8(5-15)18-9/h3-5,7H,1-2,6H2. The molecule has 2 rings (SSSR count). The van der Waals surface area contributed by atoms with E-state index in [-0.39, 0.29) is 12.0 Å². The molecule has 5 nitrogen and oxygen atoms in total. The topological polar surface area (TPSA) is 67.6 Å². The first-order valence-electron chi connectivity index (χ1n) is 5.37. The number of alkyl halides is 3. The van der Waals surface area contributed by atoms with Crippen LogP contribution in [-0.4, -0.2) is 37.8 Å². The molecule has 1 aromatic heterocycles. The molecule has 1 saturated carbocycles. The smallest absolute Gasteiger partial charge is 0.402 e. The van der Waals surface area contributed by atoms with Crippen molar-refractivity contribution in [2.75, 3.05) is 6.54 Å². The van der Waals surface area contributed by atoms with Crippen molar-refractivity contribution in [3.63, 3.8) is 0 Å². The van der Waals surface area contributed by atoms with Gasteiger partial charge in [-0.3, -0.25) is 4.79 Å². The Morgan fingerprint density at radius 3 is 2.42 bits per heavy atom. The SMILES string of the molecule is O=Cc1ccc(S(=O)(=O)N(CC(F)(F)F)C2CC2)o1. The summed E-state index contributed by atoms with van der Waals surface area (Å²) in [6.45, 7) is -1.56. The zero-order valence-electron chi connectivity index (χ0n) is 9.55. The quantitative estimate of drug-likeness (QED) is 0.777. The summed E-state index contributed by atoms with van der Waals surface area (Å²) in [5, 5.41) is -0.647. The number of carbonyl (C=O) groups is 1. The van der Waals surface area contributed by atoms with Crippen molar-refractivity contribution >= 4 is 16.3 Å². The van der Waals surface area contributed by atoms with Gasteiger partial charge in [-0.15, -0.1) is 0 Å². The molecule has 1 heterocycles. The summed E-state index contributed by atoms with van der Waals surface area (Å²) in [4.78, 5) is 10.4. The molecule has 1 fully saturated rings. The van der Waals surface area contributed by atoms with Gasteiger partial charge in [0.15, 0.2) is 12.0 Å². The molecule has 0 bridgehead atoms. The van der Waals surface area contributed by atoms with Crippen LogP contribution in [0.25, 0.3) is 0 Å². The van der Waals surface area contributed by atoms with Crippen LogP contribution < -0.4 is 0 Å². The van der Waals surface area contributed by atoms with Crippen LogP contribution in [0.3, 0.4) is 0 Å². The van der Waals surface area contributed by atoms with Gasteiger partial charge in [0, 0.05) is 6.04 Å². The molecule has 106 valence electrons. The monoisotopic (exact) mass is 297 g/mol. The summed E-state index contributed by atoms with van der Waals surface area (Å²) in [6, 6.07) is 1.42. The fourth-order valence-corrected chi connectivity index (χ4v) is 3.19. The van der Waals surface area contributed by atoms with E-state index in [4.69, 9.17) is 4.42 Å². The van der Waals surface area contributed by atoms with Crippen LogP contribution in [0.15, 0.2) is 21.6 Å². The third-order valence-corrected chi connectivity index (χ3v) is 4.34. The van der Waals surface area contributed by atoms with Crippen LogP contribution in [0.5, 0.6) is 0 Å². The van der Waals surface area contributed by atoms with Crippen molar-refractivity contribution in [3.8, 4) is 0 Å². The van der Waals surface area contributed by atoms with Gasteiger partial charge < -0.3 is 4.42 Å². The first-order valence-corrected chi connectivity index (χ1v) is 6.81. The number of furan rings is 1. The molecule has 1 aromatic rings. The van der Waals surface area contributed by atoms with E-state index < -0.39 is 33.9 Å². The Morgan fingerprint density at radius 1 is 1.37 bits per heavy atom. The second kappa shape index (κ2) is 4.64. The number of carbonyl (C=O) groups excluding carboxylic acids is 1. The second-order valence-electron chi connectivity index (χ2n) is 4.17. The minimum atomic E-state index is -4.63. The van der Waals surface area contributed by atoms with Gasteiger partial charge in [0.1, 0.15) is 6.54 Å². The first kappa shape index (κ1) is 14.1. The minimum Gasteiger partial charge on any atom is -0.440 e. The maximum Gasteiger partial charge on any atom is 0.402 e. The maximum atomic E-state index is 12.4. The van der Waals surface area contributed by atoms with Crippen molar-refractivity contribution in [2.24, 2.45) is 0 Å². The lowest BCUT2D eigenvalue weighted by atomic mass is 10.5. The van der Waals surface area contributed by atoms with Crippen LogP contribution >= 0.6 is 0 Å². The Balaban J connectivity index is 2.31. The molecule has 0 N–H and O–H groups in total. The lowest BCUT2D eigenvalue weighted by Crippen LogP contribution is -2.40. The van der Waals surface area contributed by atoms with Crippen LogP contribution in [0.1, 0.15) is 23.4 Å². The van der Waals surface area contributed by atoms with Crippen molar-refractivity contribution in [1.29, 1.82) is 0 Å². The van der Waals surface area contributed by atoms with Gasteiger partial charge in [0.25, 0.3) is 10.0 Å². The van der Waals surface area contributed by atoms with E-state index in [1.54, 1.807) is 0 Å². The van der Waals surface area contributed by atoms with E-state index in [0.717, 1.165) is 12.1 Å². The highest BCUT2D eigenvalue weighted by molar-refractivity contribution is 7.89. The van der Waals surface area contributed by atoms with E-state index in [1.165, 1.54) is 0 Å². The molecular weight excluding hydrogens is 287 g/mol. The van der Waals surface area contributed by atoms with Gasteiger partial charge in [-0.05, 0) is 25.0 Å². The van der Waals surface area contributed by atoms with Crippen molar-refractivity contribution in [2.45, 2.75) is 30.2 Å². The maximum absolute atomic E-state index is 12.4. The highest BCUT2D eigenvalue weighted by atomic mass is 32.2. The Morgan fingerprint density at radius 2 is 2.00 bits per heavy atom. The van der Waals surface area contributed by atoms with Gasteiger partial charge in [0.2, 0.25) is 5.09 Å². The minimum absolute atomic E-state index is 0.249. The molecule has 0 aromatic carbocycles. The molecule has 0 aliphatic heterocycles. The number of halogens is 3. The van der Waals surface area contributed by atoms with Crippen molar-refractivity contribution in [3.05, 3.63) is 17.9 Å².